The van der Waals surface area contributed by atoms with Crippen LogP contribution in [0.2, 0.25) is 0 Å². The number of hydrogen-bond donors (Lipinski definition) is 1. The molecule has 2 aliphatic heterocycles. The van der Waals surface area contributed by atoms with Gasteiger partial charge in [-0.05, 0) is 75.0 Å². The summed E-state index contributed by atoms with van der Waals surface area (Å²) in [5.74, 6) is 1.33. The van der Waals surface area contributed by atoms with Crippen molar-refractivity contribution in [2.75, 3.05) is 10.2 Å². The van der Waals surface area contributed by atoms with E-state index in [-0.39, 0.29) is 6.23 Å². The lowest BCUT2D eigenvalue weighted by Gasteiger charge is -2.31. The van der Waals surface area contributed by atoms with Crippen LogP contribution in [0.1, 0.15) is 29.7 Å². The quantitative estimate of drug-likeness (QED) is 0.188. The summed E-state index contributed by atoms with van der Waals surface area (Å²) in [5, 5.41) is 8.29. The molecule has 0 radical (unpaired) electrons. The largest absolute Gasteiger partial charge is 0.464 e. The van der Waals surface area contributed by atoms with Crippen LogP contribution in [0.4, 0.5) is 17.1 Å². The zero-order chi connectivity index (χ0) is 32.3. The van der Waals surface area contributed by atoms with Crippen LogP contribution < -0.4 is 15.0 Å². The number of benzene rings is 7. The summed E-state index contributed by atoms with van der Waals surface area (Å²) in [4.78, 5) is 5.25. The first-order valence-corrected chi connectivity index (χ1v) is 17.7. The maximum atomic E-state index is 6.72. The van der Waals surface area contributed by atoms with Crippen molar-refractivity contribution in [3.63, 3.8) is 0 Å². The molecule has 7 aromatic rings. The van der Waals surface area contributed by atoms with E-state index in [1.54, 1.807) is 0 Å². The van der Waals surface area contributed by atoms with E-state index >= 15 is 0 Å². The van der Waals surface area contributed by atoms with Crippen molar-refractivity contribution >= 4 is 50.4 Å². The Morgan fingerprint density at radius 3 is 2.33 bits per heavy atom. The summed E-state index contributed by atoms with van der Waals surface area (Å²) in [5.41, 5.74) is 9.44. The van der Waals surface area contributed by atoms with Crippen molar-refractivity contribution in [2.24, 2.45) is 0 Å². The smallest absolute Gasteiger partial charge is 0.196 e. The van der Waals surface area contributed by atoms with Crippen LogP contribution in [0, 0.1) is 0 Å². The topological polar surface area (TPSA) is 24.5 Å². The second-order valence-corrected chi connectivity index (χ2v) is 14.0. The highest BCUT2D eigenvalue weighted by atomic mass is 32.2. The Kier molecular flexibility index (Phi) is 6.63. The number of para-hydroxylation sites is 1. The molecule has 0 amide bonds. The van der Waals surface area contributed by atoms with E-state index in [1.807, 2.05) is 17.8 Å². The number of hydrogen-bond acceptors (Lipinski definition) is 4. The fourth-order valence-electron chi connectivity index (χ4n) is 7.69. The van der Waals surface area contributed by atoms with Crippen molar-refractivity contribution in [1.82, 2.24) is 0 Å². The summed E-state index contributed by atoms with van der Waals surface area (Å²) >= 11 is 1.92. The standard InChI is InChI=1S/C45H32N2OS/c1-3-11-29(12-4-1)35-15-7-9-17-40(35)47(34-24-25-37-36-16-8-10-18-41(36)49-42(37)28-34)33-23-21-30-19-20-31-22-26-39-44(43(31)38(30)27-33)48-45(46-39)32-13-5-2-6-14-32/h1-24,26-28,37,45-46H,25H2. The van der Waals surface area contributed by atoms with Gasteiger partial charge in [-0.25, -0.2) is 0 Å². The molecule has 3 aliphatic rings. The lowest BCUT2D eigenvalue weighted by atomic mass is 9.91. The van der Waals surface area contributed by atoms with Gasteiger partial charge in [-0.3, -0.25) is 0 Å². The minimum absolute atomic E-state index is 0.227. The summed E-state index contributed by atoms with van der Waals surface area (Å²) in [7, 11) is 0. The number of nitrogens with zero attached hydrogens (tertiary/aromatic N) is 1. The van der Waals surface area contributed by atoms with E-state index in [0.717, 1.165) is 45.6 Å². The Labute approximate surface area is 290 Å². The molecule has 234 valence electrons. The maximum absolute atomic E-state index is 6.72. The lowest BCUT2D eigenvalue weighted by molar-refractivity contribution is 0.263. The van der Waals surface area contributed by atoms with Crippen LogP contribution in [0.25, 0.3) is 32.7 Å². The second-order valence-electron chi connectivity index (χ2n) is 12.9. The minimum atomic E-state index is -0.227. The van der Waals surface area contributed by atoms with Crippen molar-refractivity contribution in [3.05, 3.63) is 186 Å². The van der Waals surface area contributed by atoms with E-state index in [9.17, 15) is 0 Å². The number of nitrogens with one attached hydrogen (secondary N) is 1. The third kappa shape index (κ3) is 4.74. The molecule has 2 heterocycles. The highest BCUT2D eigenvalue weighted by molar-refractivity contribution is 8.03. The third-order valence-electron chi connectivity index (χ3n) is 10.0. The molecule has 10 rings (SSSR count). The molecule has 0 saturated heterocycles. The molecule has 0 bridgehead atoms. The van der Waals surface area contributed by atoms with Gasteiger partial charge < -0.3 is 15.0 Å². The van der Waals surface area contributed by atoms with E-state index in [4.69, 9.17) is 4.74 Å². The fraction of sp³-hybridized carbons (Fsp3) is 0.0667. The Morgan fingerprint density at radius 1 is 0.694 bits per heavy atom. The Balaban J connectivity index is 1.15. The number of thioether (sulfide) groups is 1. The Bertz CT molecular complexity index is 2470. The van der Waals surface area contributed by atoms with Crippen LogP contribution in [-0.4, -0.2) is 0 Å². The SMILES string of the molecule is C1=C2Sc3ccccc3C2CC=C1N(c1ccc2ccc3ccc4c(c3c2c1)OC(c1ccccc1)N4)c1ccccc1-c1ccccc1. The molecule has 1 aliphatic carbocycles. The zero-order valence-corrected chi connectivity index (χ0v) is 27.5. The molecule has 0 aromatic heterocycles. The molecule has 0 fully saturated rings. The van der Waals surface area contributed by atoms with Crippen molar-refractivity contribution in [2.45, 2.75) is 23.5 Å². The molecule has 49 heavy (non-hydrogen) atoms. The first kappa shape index (κ1) is 28.3. The molecule has 3 nitrogen and oxygen atoms in total. The number of fused-ring (bicyclic) bond motifs is 8. The predicted molar refractivity (Wildman–Crippen MR) is 205 cm³/mol. The van der Waals surface area contributed by atoms with Crippen molar-refractivity contribution in [3.8, 4) is 16.9 Å². The third-order valence-corrected chi connectivity index (χ3v) is 11.3. The molecule has 0 spiro atoms. The van der Waals surface area contributed by atoms with Gasteiger partial charge in [0.15, 0.2) is 12.0 Å². The molecule has 0 saturated carbocycles. The summed E-state index contributed by atoms with van der Waals surface area (Å²) in [6.45, 7) is 0. The van der Waals surface area contributed by atoms with Crippen molar-refractivity contribution < 1.29 is 4.74 Å². The molecule has 2 atom stereocenters. The van der Waals surface area contributed by atoms with Crippen LogP contribution >= 0.6 is 11.8 Å². The molecule has 4 heteroatoms. The van der Waals surface area contributed by atoms with Crippen LogP contribution in [0.15, 0.2) is 179 Å². The summed E-state index contributed by atoms with van der Waals surface area (Å²) < 4.78 is 6.72. The first-order chi connectivity index (χ1) is 24.3. The number of rotatable bonds is 5. The molecule has 7 aromatic carbocycles. The monoisotopic (exact) mass is 648 g/mol. The van der Waals surface area contributed by atoms with Gasteiger partial charge >= 0.3 is 0 Å². The van der Waals surface area contributed by atoms with Gasteiger partial charge in [0.25, 0.3) is 0 Å². The number of ether oxygens (including phenoxy) is 1. The molecule has 1 N–H and O–H groups in total. The maximum Gasteiger partial charge on any atom is 0.196 e. The average Bonchev–Trinajstić information content (AvgIpc) is 3.77. The molecular weight excluding hydrogens is 617 g/mol. The van der Waals surface area contributed by atoms with Crippen LogP contribution in [-0.2, 0) is 0 Å². The second kappa shape index (κ2) is 11.5. The Hall–Kier alpha value is -5.71. The zero-order valence-electron chi connectivity index (χ0n) is 26.7. The highest BCUT2D eigenvalue weighted by Crippen LogP contribution is 2.54. The van der Waals surface area contributed by atoms with Crippen LogP contribution in [0.3, 0.4) is 0 Å². The van der Waals surface area contributed by atoms with Gasteiger partial charge in [-0.15, -0.1) is 0 Å². The van der Waals surface area contributed by atoms with Gasteiger partial charge in [-0.2, -0.15) is 0 Å². The van der Waals surface area contributed by atoms with Gasteiger partial charge in [0.2, 0.25) is 0 Å². The lowest BCUT2D eigenvalue weighted by Crippen LogP contribution is -2.18. The number of anilines is 3. The summed E-state index contributed by atoms with van der Waals surface area (Å²) in [6, 6.07) is 54.5. The van der Waals surface area contributed by atoms with Gasteiger partial charge in [0.1, 0.15) is 0 Å². The Morgan fingerprint density at radius 2 is 1.43 bits per heavy atom. The minimum Gasteiger partial charge on any atom is -0.464 e. The average molecular weight is 649 g/mol. The molecular formula is C45H32N2OS. The summed E-state index contributed by atoms with van der Waals surface area (Å²) in [6.07, 6.45) is 5.60. The van der Waals surface area contributed by atoms with E-state index in [0.29, 0.717) is 5.92 Å². The van der Waals surface area contributed by atoms with Gasteiger partial charge in [0.05, 0.1) is 11.4 Å². The van der Waals surface area contributed by atoms with E-state index in [2.05, 4.69) is 168 Å². The van der Waals surface area contributed by atoms with Crippen molar-refractivity contribution in [1.29, 1.82) is 0 Å². The predicted octanol–water partition coefficient (Wildman–Crippen LogP) is 12.4. The molecule has 2 unspecified atom stereocenters. The van der Waals surface area contributed by atoms with E-state index in [1.165, 1.54) is 43.0 Å². The highest BCUT2D eigenvalue weighted by Gasteiger charge is 2.32. The first-order valence-electron chi connectivity index (χ1n) is 16.9. The van der Waals surface area contributed by atoms with E-state index < -0.39 is 0 Å². The number of allylic oxidation sites excluding steroid dienone is 3. The normalized spacial score (nSPS) is 17.4. The van der Waals surface area contributed by atoms with Gasteiger partial charge in [-0.1, -0.05) is 139 Å². The fourth-order valence-corrected chi connectivity index (χ4v) is 8.96. The van der Waals surface area contributed by atoms with Crippen LogP contribution in [0.5, 0.6) is 5.75 Å². The van der Waals surface area contributed by atoms with Gasteiger partial charge in [0, 0.05) is 38.7 Å².